The maximum Gasteiger partial charge on any atom is 0.255 e. The number of aliphatic hydroxyl groups is 3. The molecule has 36 heavy (non-hydrogen) atoms. The van der Waals surface area contributed by atoms with Gasteiger partial charge in [-0.15, -0.1) is 0 Å². The van der Waals surface area contributed by atoms with Crippen molar-refractivity contribution in [3.63, 3.8) is 0 Å². The Morgan fingerprint density at radius 3 is 2.33 bits per heavy atom. The average molecular weight is 636 g/mol. The number of halogens is 1. The molecule has 3 aliphatic rings. The predicted molar refractivity (Wildman–Crippen MR) is 123 cm³/mol. The molecule has 4 rings (SSSR count). The number of aromatic hydroxyl groups is 1. The van der Waals surface area contributed by atoms with Crippen molar-refractivity contribution < 1.29 is 57.1 Å². The summed E-state index contributed by atoms with van der Waals surface area (Å²) in [4.78, 5) is 49.1. The van der Waals surface area contributed by atoms with Crippen LogP contribution < -0.4 is 11.1 Å². The van der Waals surface area contributed by atoms with E-state index in [0.29, 0.717) is 5.56 Å². The summed E-state index contributed by atoms with van der Waals surface area (Å²) in [5, 5.41) is 45.3. The number of carbonyl (C=O) groups excluding carboxylic acids is 4. The van der Waals surface area contributed by atoms with Crippen molar-refractivity contribution in [3.05, 3.63) is 43.7 Å². The third-order valence-electron chi connectivity index (χ3n) is 6.27. The van der Waals surface area contributed by atoms with Gasteiger partial charge in [0.1, 0.15) is 22.8 Å². The minimum absolute atomic E-state index is 0.0431. The topological polar surface area (TPSA) is 268 Å². The molecule has 16 heteroatoms. The van der Waals surface area contributed by atoms with Crippen LogP contribution in [0.4, 0.5) is 0 Å². The Hall–Kier alpha value is -3.06. The highest BCUT2D eigenvalue weighted by Gasteiger charge is 2.63. The fraction of sp³-hybridized carbons (Fsp3) is 0.300. The molecule has 194 valence electrons. The first-order valence-corrected chi connectivity index (χ1v) is 12.3. The molecule has 4 atom stereocenters. The standard InChI is InChI=1S/C20H17IN2O8.H2O4S/c21-9-1-2-10(25)12-7(9)3-6-4-8-14(23-5-24)16(27)13(19(22)30)18(29)20(8,31)17(28)11(6)15(12)26;1-5(2,3)4/h1-2,5-6,8,14,25-26,29,31H,3-4H2,(H2,22,30)(H,23,24);(H2,1,2,3,4)/p-2. The van der Waals surface area contributed by atoms with Gasteiger partial charge in [-0.1, -0.05) is 0 Å². The third kappa shape index (κ3) is 4.45. The Morgan fingerprint density at radius 2 is 1.81 bits per heavy atom. The molecule has 7 N–H and O–H groups in total. The maximum atomic E-state index is 13.4. The molecule has 0 heterocycles. The van der Waals surface area contributed by atoms with Crippen molar-refractivity contribution in [1.29, 1.82) is 0 Å². The van der Waals surface area contributed by atoms with Gasteiger partial charge >= 0.3 is 0 Å². The molecule has 1 aromatic carbocycles. The molecule has 14 nitrogen and oxygen atoms in total. The van der Waals surface area contributed by atoms with Gasteiger partial charge in [0.2, 0.25) is 12.2 Å². The van der Waals surface area contributed by atoms with E-state index in [1.807, 2.05) is 22.6 Å². The molecule has 1 saturated carbocycles. The molecule has 1 aromatic rings. The molecule has 2 amide bonds. The van der Waals surface area contributed by atoms with E-state index in [1.54, 1.807) is 6.07 Å². The Balaban J connectivity index is 0.000000658. The number of rotatable bonds is 3. The van der Waals surface area contributed by atoms with Crippen LogP contribution in [0.5, 0.6) is 5.75 Å². The van der Waals surface area contributed by atoms with Crippen molar-refractivity contribution in [2.75, 3.05) is 0 Å². The highest BCUT2D eigenvalue weighted by atomic mass is 127. The number of primary amides is 1. The Labute approximate surface area is 216 Å². The van der Waals surface area contributed by atoms with Gasteiger partial charge in [-0.05, 0) is 59.0 Å². The molecule has 0 aliphatic heterocycles. The quantitative estimate of drug-likeness (QED) is 0.0721. The minimum atomic E-state index is -5.17. The van der Waals surface area contributed by atoms with Crippen LogP contribution in [0.1, 0.15) is 17.5 Å². The van der Waals surface area contributed by atoms with Gasteiger partial charge in [0, 0.05) is 25.5 Å². The molecular formula is C20H17IN2O12S-2. The van der Waals surface area contributed by atoms with Gasteiger partial charge < -0.3 is 40.6 Å². The first-order chi connectivity index (χ1) is 16.5. The van der Waals surface area contributed by atoms with Crippen LogP contribution in [0.15, 0.2) is 29.0 Å². The van der Waals surface area contributed by atoms with Gasteiger partial charge in [0.05, 0.1) is 11.6 Å². The molecular weight excluding hydrogens is 619 g/mol. The van der Waals surface area contributed by atoms with E-state index < -0.39 is 68.4 Å². The first-order valence-electron chi connectivity index (χ1n) is 9.90. The summed E-state index contributed by atoms with van der Waals surface area (Å²) in [7, 11) is -5.17. The van der Waals surface area contributed by atoms with Crippen LogP contribution in [0.25, 0.3) is 5.76 Å². The number of phenolic OH excluding ortho intramolecular Hbond substituents is 1. The number of fused-ring (bicyclic) bond motifs is 3. The van der Waals surface area contributed by atoms with Gasteiger partial charge in [0.25, 0.3) is 5.91 Å². The second kappa shape index (κ2) is 9.43. The molecule has 3 aliphatic carbocycles. The summed E-state index contributed by atoms with van der Waals surface area (Å²) in [5.41, 5.74) is 1.82. The number of nitrogens with two attached hydrogens (primary N) is 1. The summed E-state index contributed by atoms with van der Waals surface area (Å²) >= 11 is 2.02. The summed E-state index contributed by atoms with van der Waals surface area (Å²) in [5.74, 6) is -7.52. The van der Waals surface area contributed by atoms with Crippen LogP contribution in [0.2, 0.25) is 0 Å². The lowest BCUT2D eigenvalue weighted by atomic mass is 9.57. The van der Waals surface area contributed by atoms with Gasteiger partial charge in [-0.3, -0.25) is 27.6 Å². The van der Waals surface area contributed by atoms with Crippen molar-refractivity contribution in [2.45, 2.75) is 24.5 Å². The highest BCUT2D eigenvalue weighted by Crippen LogP contribution is 2.52. The summed E-state index contributed by atoms with van der Waals surface area (Å²) in [6.07, 6.45) is 0.309. The molecule has 0 radical (unpaired) electrons. The zero-order chi connectivity index (χ0) is 27.3. The largest absolute Gasteiger partial charge is 0.759 e. The SMILES string of the molecule is NC(=O)C1=C(O)C2(O)C(=O)C3=C(O)c4c(O)ccc(I)c4CC3CC2C(NC=O)C1=O.O=S(=O)([O-])[O-]. The highest BCUT2D eigenvalue weighted by molar-refractivity contribution is 14.1. The number of hydrogen-bond donors (Lipinski definition) is 6. The molecule has 4 unspecified atom stereocenters. The zero-order valence-corrected chi connectivity index (χ0v) is 20.8. The average Bonchev–Trinajstić information content (AvgIpc) is 2.74. The van der Waals surface area contributed by atoms with Gasteiger partial charge in [-0.25, -0.2) is 0 Å². The van der Waals surface area contributed by atoms with E-state index in [9.17, 15) is 39.6 Å². The number of nitrogens with one attached hydrogen (secondary N) is 1. The lowest BCUT2D eigenvalue weighted by Gasteiger charge is -2.48. The number of phenols is 1. The lowest BCUT2D eigenvalue weighted by Crippen LogP contribution is -2.66. The van der Waals surface area contributed by atoms with Crippen molar-refractivity contribution >= 4 is 62.6 Å². The predicted octanol–water partition coefficient (Wildman–Crippen LogP) is -1.58. The number of benzene rings is 1. The number of hydrogen-bond acceptors (Lipinski definition) is 12. The van der Waals surface area contributed by atoms with Gasteiger partial charge in [-0.2, -0.15) is 0 Å². The van der Waals surface area contributed by atoms with E-state index in [1.165, 1.54) is 6.07 Å². The van der Waals surface area contributed by atoms with Gasteiger partial charge in [0.15, 0.2) is 11.4 Å². The molecule has 0 aromatic heterocycles. The van der Waals surface area contributed by atoms with Crippen molar-refractivity contribution in [2.24, 2.45) is 17.6 Å². The van der Waals surface area contributed by atoms with Crippen LogP contribution in [-0.2, 0) is 36.0 Å². The molecule has 0 saturated heterocycles. The second-order valence-electron chi connectivity index (χ2n) is 8.14. The minimum Gasteiger partial charge on any atom is -0.759 e. The second-order valence-corrected chi connectivity index (χ2v) is 10.1. The van der Waals surface area contributed by atoms with Crippen LogP contribution in [-0.4, -0.2) is 73.5 Å². The van der Waals surface area contributed by atoms with Crippen LogP contribution in [0.3, 0.4) is 0 Å². The smallest absolute Gasteiger partial charge is 0.255 e. The molecule has 0 spiro atoms. The van der Waals surface area contributed by atoms with Crippen molar-refractivity contribution in [1.82, 2.24) is 5.32 Å². The Kier molecular flexibility index (Phi) is 7.21. The monoisotopic (exact) mass is 636 g/mol. The van der Waals surface area contributed by atoms with E-state index in [0.717, 1.165) is 3.57 Å². The van der Waals surface area contributed by atoms with E-state index >= 15 is 0 Å². The van der Waals surface area contributed by atoms with Crippen molar-refractivity contribution in [3.8, 4) is 5.75 Å². The van der Waals surface area contributed by atoms with Crippen LogP contribution in [0, 0.1) is 15.4 Å². The number of Topliss-reactive ketones (excluding diaryl/α,β-unsaturated/α-hetero) is 2. The maximum absolute atomic E-state index is 13.4. The Morgan fingerprint density at radius 1 is 1.22 bits per heavy atom. The normalized spacial score (nSPS) is 27.3. The molecule has 1 fully saturated rings. The Bertz CT molecular complexity index is 1360. The third-order valence-corrected chi connectivity index (χ3v) is 7.28. The van der Waals surface area contributed by atoms with E-state index in [-0.39, 0.29) is 36.1 Å². The summed E-state index contributed by atoms with van der Waals surface area (Å²) < 4.78 is 34.8. The van der Waals surface area contributed by atoms with Crippen LogP contribution >= 0.6 is 22.6 Å². The first kappa shape index (κ1) is 27.5. The van der Waals surface area contributed by atoms with E-state index in [4.69, 9.17) is 23.3 Å². The number of amides is 2. The fourth-order valence-electron chi connectivity index (χ4n) is 4.90. The van der Waals surface area contributed by atoms with E-state index in [2.05, 4.69) is 5.32 Å². The summed E-state index contributed by atoms with van der Waals surface area (Å²) in [6, 6.07) is 1.51. The molecule has 0 bridgehead atoms. The fourth-order valence-corrected chi connectivity index (χ4v) is 5.57. The lowest BCUT2D eigenvalue weighted by molar-refractivity contribution is -0.151. The summed E-state index contributed by atoms with van der Waals surface area (Å²) in [6.45, 7) is 0. The zero-order valence-electron chi connectivity index (χ0n) is 17.8. The number of ketones is 2. The number of carbonyl (C=O) groups is 4. The number of aliphatic hydroxyl groups excluding tert-OH is 2.